The molecule has 1 atom stereocenters. The minimum Gasteiger partial charge on any atom is -0.497 e. The Morgan fingerprint density at radius 1 is 1.03 bits per heavy atom. The largest absolute Gasteiger partial charge is 0.497 e. The van der Waals surface area contributed by atoms with Gasteiger partial charge in [-0.25, -0.2) is 4.68 Å². The summed E-state index contributed by atoms with van der Waals surface area (Å²) in [5.41, 5.74) is 3.39. The van der Waals surface area contributed by atoms with Crippen LogP contribution in [0.2, 0.25) is 0 Å². The van der Waals surface area contributed by atoms with Crippen molar-refractivity contribution < 1.29 is 14.3 Å². The molecule has 31 heavy (non-hydrogen) atoms. The second-order valence-electron chi connectivity index (χ2n) is 7.75. The predicted octanol–water partition coefficient (Wildman–Crippen LogP) is 2.52. The summed E-state index contributed by atoms with van der Waals surface area (Å²) in [5, 5.41) is 8.46. The van der Waals surface area contributed by atoms with E-state index < -0.39 is 0 Å². The number of ether oxygens (including phenoxy) is 2. The van der Waals surface area contributed by atoms with Crippen LogP contribution in [0.1, 0.15) is 27.8 Å². The number of benzene rings is 2. The number of carbonyl (C=O) groups is 1. The molecule has 2 aromatic carbocycles. The van der Waals surface area contributed by atoms with Gasteiger partial charge < -0.3 is 19.3 Å². The van der Waals surface area contributed by atoms with E-state index in [2.05, 4.69) is 27.3 Å². The fraction of sp³-hybridized carbons (Fsp3) is 0.348. The lowest BCUT2D eigenvalue weighted by atomic mass is 10.1. The third-order valence-corrected chi connectivity index (χ3v) is 5.98. The number of nitrogens with zero attached hydrogens (tertiary/aromatic N) is 5. The number of hydrogen-bond acceptors (Lipinski definition) is 6. The fourth-order valence-electron chi connectivity index (χ4n) is 4.15. The number of methoxy groups -OCH3 is 1. The van der Waals surface area contributed by atoms with Crippen LogP contribution in [0.25, 0.3) is 0 Å². The van der Waals surface area contributed by atoms with Gasteiger partial charge in [0.05, 0.1) is 26.0 Å². The van der Waals surface area contributed by atoms with E-state index in [9.17, 15) is 4.79 Å². The number of rotatable bonds is 4. The zero-order valence-corrected chi connectivity index (χ0v) is 17.5. The van der Waals surface area contributed by atoms with E-state index in [0.29, 0.717) is 31.9 Å². The van der Waals surface area contributed by atoms with E-state index in [4.69, 9.17) is 9.47 Å². The SMILES string of the molecule is COc1ccc([C@H]2Cn3nnc(C(=O)N4CCN(c5ccccc5)CC4)c3CO2)cc1. The highest BCUT2D eigenvalue weighted by atomic mass is 16.5. The van der Waals surface area contributed by atoms with E-state index >= 15 is 0 Å². The van der Waals surface area contributed by atoms with Gasteiger partial charge in [0.1, 0.15) is 11.9 Å². The second kappa shape index (κ2) is 8.39. The van der Waals surface area contributed by atoms with Crippen molar-refractivity contribution in [3.63, 3.8) is 0 Å². The van der Waals surface area contributed by atoms with Crippen LogP contribution in [0.5, 0.6) is 5.75 Å². The quantitative estimate of drug-likeness (QED) is 0.647. The van der Waals surface area contributed by atoms with Gasteiger partial charge in [-0.2, -0.15) is 0 Å². The molecule has 3 heterocycles. The summed E-state index contributed by atoms with van der Waals surface area (Å²) in [6.07, 6.45) is -0.127. The number of piperazine rings is 1. The van der Waals surface area contributed by atoms with Crippen LogP contribution in [0, 0.1) is 0 Å². The van der Waals surface area contributed by atoms with Crippen molar-refractivity contribution >= 4 is 11.6 Å². The number of anilines is 1. The van der Waals surface area contributed by atoms with E-state index in [1.807, 2.05) is 47.4 Å². The standard InChI is InChI=1S/C23H25N5O3/c1-30-19-9-7-17(8-10-19)21-15-28-20(16-31-21)22(24-25-28)23(29)27-13-11-26(12-14-27)18-5-3-2-4-6-18/h2-10,21H,11-16H2,1H3/t21-/m1/s1. The molecule has 1 aromatic heterocycles. The third kappa shape index (κ3) is 3.86. The normalized spacial score (nSPS) is 18.5. The summed E-state index contributed by atoms with van der Waals surface area (Å²) in [5.74, 6) is 0.738. The van der Waals surface area contributed by atoms with Crippen LogP contribution in [-0.4, -0.2) is 59.1 Å². The molecule has 5 rings (SSSR count). The average molecular weight is 419 g/mol. The van der Waals surface area contributed by atoms with Crippen molar-refractivity contribution in [3.05, 3.63) is 71.5 Å². The highest BCUT2D eigenvalue weighted by Crippen LogP contribution is 2.28. The Kier molecular flexibility index (Phi) is 5.30. The molecular formula is C23H25N5O3. The minimum atomic E-state index is -0.127. The fourth-order valence-corrected chi connectivity index (χ4v) is 4.15. The van der Waals surface area contributed by atoms with Crippen molar-refractivity contribution in [2.45, 2.75) is 19.3 Å². The second-order valence-corrected chi connectivity index (χ2v) is 7.75. The molecule has 2 aliphatic heterocycles. The third-order valence-electron chi connectivity index (χ3n) is 5.98. The number of carbonyl (C=O) groups excluding carboxylic acids is 1. The number of aromatic nitrogens is 3. The van der Waals surface area contributed by atoms with Crippen molar-refractivity contribution in [3.8, 4) is 5.75 Å². The summed E-state index contributed by atoms with van der Waals surface area (Å²) in [7, 11) is 1.65. The lowest BCUT2D eigenvalue weighted by Crippen LogP contribution is -2.49. The first kappa shape index (κ1) is 19.6. The Labute approximate surface area is 181 Å². The Morgan fingerprint density at radius 3 is 2.48 bits per heavy atom. The van der Waals surface area contributed by atoms with Crippen LogP contribution in [0.15, 0.2) is 54.6 Å². The molecule has 2 aliphatic rings. The summed E-state index contributed by atoms with van der Waals surface area (Å²) in [6.45, 7) is 3.77. The lowest BCUT2D eigenvalue weighted by Gasteiger charge is -2.36. The van der Waals surface area contributed by atoms with Crippen LogP contribution >= 0.6 is 0 Å². The first-order chi connectivity index (χ1) is 15.2. The van der Waals surface area contributed by atoms with Gasteiger partial charge in [0, 0.05) is 31.9 Å². The Morgan fingerprint density at radius 2 is 1.77 bits per heavy atom. The van der Waals surface area contributed by atoms with Crippen molar-refractivity contribution in [1.29, 1.82) is 0 Å². The molecule has 0 N–H and O–H groups in total. The summed E-state index contributed by atoms with van der Waals surface area (Å²) in [6, 6.07) is 18.1. The summed E-state index contributed by atoms with van der Waals surface area (Å²) >= 11 is 0. The average Bonchev–Trinajstić information content (AvgIpc) is 3.27. The van der Waals surface area contributed by atoms with E-state index in [1.54, 1.807) is 11.8 Å². The van der Waals surface area contributed by atoms with Gasteiger partial charge in [-0.05, 0) is 29.8 Å². The van der Waals surface area contributed by atoms with Crippen molar-refractivity contribution in [2.75, 3.05) is 38.2 Å². The molecule has 0 unspecified atom stereocenters. The summed E-state index contributed by atoms with van der Waals surface area (Å²) < 4.78 is 13.1. The van der Waals surface area contributed by atoms with Crippen molar-refractivity contribution in [1.82, 2.24) is 19.9 Å². The zero-order valence-electron chi connectivity index (χ0n) is 17.5. The van der Waals surface area contributed by atoms with Crippen molar-refractivity contribution in [2.24, 2.45) is 0 Å². The van der Waals surface area contributed by atoms with Gasteiger partial charge in [-0.1, -0.05) is 35.5 Å². The number of fused-ring (bicyclic) bond motifs is 1. The van der Waals surface area contributed by atoms with Gasteiger partial charge in [-0.3, -0.25) is 4.79 Å². The van der Waals surface area contributed by atoms with Gasteiger partial charge in [0.25, 0.3) is 5.91 Å². The molecule has 160 valence electrons. The molecule has 0 radical (unpaired) electrons. The molecular weight excluding hydrogens is 394 g/mol. The van der Waals surface area contributed by atoms with Crippen LogP contribution in [0.4, 0.5) is 5.69 Å². The molecule has 1 saturated heterocycles. The molecule has 3 aromatic rings. The number of hydrogen-bond donors (Lipinski definition) is 0. The number of amides is 1. The van der Waals surface area contributed by atoms with Gasteiger partial charge in [-0.15, -0.1) is 5.10 Å². The predicted molar refractivity (Wildman–Crippen MR) is 115 cm³/mol. The van der Waals surface area contributed by atoms with Gasteiger partial charge in [0.15, 0.2) is 5.69 Å². The van der Waals surface area contributed by atoms with E-state index in [0.717, 1.165) is 30.1 Å². The molecule has 1 amide bonds. The molecule has 8 heteroatoms. The van der Waals surface area contributed by atoms with E-state index in [1.165, 1.54) is 5.69 Å². The molecule has 0 saturated carbocycles. The highest BCUT2D eigenvalue weighted by molar-refractivity contribution is 5.93. The molecule has 8 nitrogen and oxygen atoms in total. The summed E-state index contributed by atoms with van der Waals surface area (Å²) in [4.78, 5) is 17.3. The van der Waals surface area contributed by atoms with Crippen LogP contribution in [-0.2, 0) is 17.9 Å². The maximum absolute atomic E-state index is 13.1. The van der Waals surface area contributed by atoms with Gasteiger partial charge >= 0.3 is 0 Å². The van der Waals surface area contributed by atoms with Crippen LogP contribution in [0.3, 0.4) is 0 Å². The molecule has 0 bridgehead atoms. The monoisotopic (exact) mass is 419 g/mol. The molecule has 1 fully saturated rings. The Balaban J connectivity index is 1.25. The lowest BCUT2D eigenvalue weighted by molar-refractivity contribution is -0.00198. The maximum atomic E-state index is 13.1. The molecule has 0 aliphatic carbocycles. The van der Waals surface area contributed by atoms with Crippen LogP contribution < -0.4 is 9.64 Å². The highest BCUT2D eigenvalue weighted by Gasteiger charge is 2.31. The Hall–Kier alpha value is -3.39. The first-order valence-electron chi connectivity index (χ1n) is 10.5. The number of para-hydroxylation sites is 1. The Bertz CT molecular complexity index is 1040. The maximum Gasteiger partial charge on any atom is 0.276 e. The van der Waals surface area contributed by atoms with E-state index in [-0.39, 0.29) is 12.0 Å². The first-order valence-corrected chi connectivity index (χ1v) is 10.5. The molecule has 0 spiro atoms. The zero-order chi connectivity index (χ0) is 21.2. The van der Waals surface area contributed by atoms with Gasteiger partial charge in [0.2, 0.25) is 0 Å². The smallest absolute Gasteiger partial charge is 0.276 e. The topological polar surface area (TPSA) is 72.7 Å². The minimum absolute atomic E-state index is 0.0690.